The van der Waals surface area contributed by atoms with Crippen LogP contribution in [0.4, 0.5) is 0 Å². The molecule has 0 aromatic carbocycles. The van der Waals surface area contributed by atoms with Crippen LogP contribution in [-0.2, 0) is 24.2 Å². The number of amides is 1. The summed E-state index contributed by atoms with van der Waals surface area (Å²) in [6.07, 6.45) is 7.33. The van der Waals surface area contributed by atoms with Crippen molar-refractivity contribution in [2.75, 3.05) is 19.6 Å². The van der Waals surface area contributed by atoms with E-state index in [4.69, 9.17) is 4.98 Å². The van der Waals surface area contributed by atoms with Gasteiger partial charge in [0.1, 0.15) is 5.82 Å². The van der Waals surface area contributed by atoms with Gasteiger partial charge in [-0.05, 0) is 30.7 Å². The number of likely N-dealkylation sites (tertiary alicyclic amines) is 1. The molecule has 0 radical (unpaired) electrons. The van der Waals surface area contributed by atoms with E-state index in [0.717, 1.165) is 54.4 Å². The van der Waals surface area contributed by atoms with Crippen LogP contribution in [0.15, 0.2) is 22.3 Å². The van der Waals surface area contributed by atoms with Crippen molar-refractivity contribution in [1.82, 2.24) is 19.8 Å². The van der Waals surface area contributed by atoms with Crippen LogP contribution < -0.4 is 5.56 Å². The van der Waals surface area contributed by atoms with Crippen LogP contribution in [0.1, 0.15) is 60.0 Å². The topological polar surface area (TPSA) is 69.3 Å². The number of hydrogen-bond donors (Lipinski definition) is 1. The van der Waals surface area contributed by atoms with E-state index in [0.29, 0.717) is 19.0 Å². The zero-order valence-corrected chi connectivity index (χ0v) is 17.5. The first-order chi connectivity index (χ1) is 14.2. The normalized spacial score (nSPS) is 22.9. The van der Waals surface area contributed by atoms with Crippen LogP contribution in [0.5, 0.6) is 0 Å². The smallest absolute Gasteiger partial charge is 0.255 e. The summed E-state index contributed by atoms with van der Waals surface area (Å²) in [4.78, 5) is 38.8. The molecule has 2 aliphatic heterocycles. The van der Waals surface area contributed by atoms with Gasteiger partial charge in [-0.25, -0.2) is 4.98 Å². The van der Waals surface area contributed by atoms with Crippen LogP contribution in [0.25, 0.3) is 0 Å². The molecular weight excluding hydrogens is 384 g/mol. The largest absolute Gasteiger partial charge is 0.342 e. The Morgan fingerprint density at radius 3 is 2.90 bits per heavy atom. The van der Waals surface area contributed by atoms with Gasteiger partial charge in [0.15, 0.2) is 0 Å². The minimum absolute atomic E-state index is 0.0241. The van der Waals surface area contributed by atoms with Crippen LogP contribution in [0.3, 0.4) is 0 Å². The fourth-order valence-electron chi connectivity index (χ4n) is 5.12. The van der Waals surface area contributed by atoms with Crippen molar-refractivity contribution in [3.63, 3.8) is 0 Å². The van der Waals surface area contributed by atoms with Gasteiger partial charge in [0.25, 0.3) is 5.56 Å². The lowest BCUT2D eigenvalue weighted by Gasteiger charge is -2.32. The predicted octanol–water partition coefficient (Wildman–Crippen LogP) is 2.69. The Hall–Kier alpha value is -1.99. The standard InChI is InChI=1S/C22H28N4O2S/c27-20(12-17-6-3-11-29-17)26-9-7-15(13-26)21-23-19-8-10-25(16-4-1-2-5-16)14-18(19)22(28)24-21/h3,6,11,15-16H,1-2,4-5,7-10,12-14H2,(H,23,24,28)/t15-/m0/s1. The lowest BCUT2D eigenvalue weighted by Crippen LogP contribution is -2.41. The van der Waals surface area contributed by atoms with Crippen molar-refractivity contribution in [2.45, 2.75) is 63.5 Å². The molecule has 29 heavy (non-hydrogen) atoms. The second-order valence-electron chi connectivity index (χ2n) is 8.62. The average molecular weight is 413 g/mol. The maximum Gasteiger partial charge on any atom is 0.255 e. The minimum Gasteiger partial charge on any atom is -0.342 e. The number of H-pyrrole nitrogens is 1. The summed E-state index contributed by atoms with van der Waals surface area (Å²) in [5, 5.41) is 2.00. The molecule has 4 heterocycles. The fraction of sp³-hybridized carbons (Fsp3) is 0.591. The van der Waals surface area contributed by atoms with Gasteiger partial charge < -0.3 is 9.88 Å². The molecule has 0 bridgehead atoms. The summed E-state index contributed by atoms with van der Waals surface area (Å²) in [6.45, 7) is 3.13. The summed E-state index contributed by atoms with van der Waals surface area (Å²) in [6, 6.07) is 4.63. The number of aromatic amines is 1. The molecule has 1 saturated carbocycles. The Morgan fingerprint density at radius 1 is 1.24 bits per heavy atom. The summed E-state index contributed by atoms with van der Waals surface area (Å²) in [5.41, 5.74) is 1.85. The second kappa shape index (κ2) is 8.03. The maximum atomic E-state index is 12.8. The summed E-state index contributed by atoms with van der Waals surface area (Å²) < 4.78 is 0. The molecule has 6 nitrogen and oxygen atoms in total. The molecule has 1 saturated heterocycles. The molecule has 1 aliphatic carbocycles. The molecule has 2 aromatic rings. The molecule has 5 rings (SSSR count). The Labute approximate surface area is 175 Å². The first-order valence-corrected chi connectivity index (χ1v) is 11.7. The molecule has 1 amide bonds. The van der Waals surface area contributed by atoms with Gasteiger partial charge in [0.05, 0.1) is 17.7 Å². The number of hydrogen-bond acceptors (Lipinski definition) is 5. The van der Waals surface area contributed by atoms with Crippen molar-refractivity contribution >= 4 is 17.2 Å². The first kappa shape index (κ1) is 19.0. The molecule has 2 fully saturated rings. The molecule has 1 atom stereocenters. The maximum absolute atomic E-state index is 12.8. The molecule has 154 valence electrons. The number of aromatic nitrogens is 2. The van der Waals surface area contributed by atoms with Crippen molar-refractivity contribution in [1.29, 1.82) is 0 Å². The summed E-state index contributed by atoms with van der Waals surface area (Å²) in [5.74, 6) is 1.07. The number of carbonyl (C=O) groups excluding carboxylic acids is 1. The van der Waals surface area contributed by atoms with E-state index in [9.17, 15) is 9.59 Å². The van der Waals surface area contributed by atoms with E-state index in [1.165, 1.54) is 25.7 Å². The molecule has 7 heteroatoms. The van der Waals surface area contributed by atoms with Gasteiger partial charge >= 0.3 is 0 Å². The molecule has 2 aromatic heterocycles. The zero-order valence-electron chi connectivity index (χ0n) is 16.7. The van der Waals surface area contributed by atoms with Crippen molar-refractivity contribution < 1.29 is 4.79 Å². The highest BCUT2D eigenvalue weighted by Gasteiger charge is 2.32. The van der Waals surface area contributed by atoms with Gasteiger partial charge in [-0.2, -0.15) is 0 Å². The number of carbonyl (C=O) groups is 1. The van der Waals surface area contributed by atoms with Crippen molar-refractivity contribution in [2.24, 2.45) is 0 Å². The van der Waals surface area contributed by atoms with E-state index in [-0.39, 0.29) is 17.4 Å². The first-order valence-electron chi connectivity index (χ1n) is 10.8. The molecule has 0 spiro atoms. The van der Waals surface area contributed by atoms with Crippen LogP contribution in [0, 0.1) is 0 Å². The third kappa shape index (κ3) is 3.90. The number of nitrogens with one attached hydrogen (secondary N) is 1. The van der Waals surface area contributed by atoms with Crippen LogP contribution in [-0.4, -0.2) is 51.4 Å². The number of fused-ring (bicyclic) bond motifs is 1. The average Bonchev–Trinajstić information content (AvgIpc) is 3.49. The third-order valence-electron chi connectivity index (χ3n) is 6.79. The third-order valence-corrected chi connectivity index (χ3v) is 7.67. The van der Waals surface area contributed by atoms with Crippen LogP contribution >= 0.6 is 11.3 Å². The van der Waals surface area contributed by atoms with Crippen LogP contribution in [0.2, 0.25) is 0 Å². The number of thiophene rings is 1. The van der Waals surface area contributed by atoms with Gasteiger partial charge in [0, 0.05) is 49.4 Å². The van der Waals surface area contributed by atoms with Crippen molar-refractivity contribution in [3.05, 3.63) is 49.8 Å². The van der Waals surface area contributed by atoms with Gasteiger partial charge in [0.2, 0.25) is 5.91 Å². The Morgan fingerprint density at radius 2 is 2.10 bits per heavy atom. The van der Waals surface area contributed by atoms with Gasteiger partial charge in [-0.1, -0.05) is 18.9 Å². The Kier molecular flexibility index (Phi) is 5.26. The molecule has 0 unspecified atom stereocenters. The fourth-order valence-corrected chi connectivity index (χ4v) is 5.82. The van der Waals surface area contributed by atoms with E-state index in [2.05, 4.69) is 9.88 Å². The van der Waals surface area contributed by atoms with E-state index >= 15 is 0 Å². The summed E-state index contributed by atoms with van der Waals surface area (Å²) >= 11 is 1.62. The quantitative estimate of drug-likeness (QED) is 0.838. The summed E-state index contributed by atoms with van der Waals surface area (Å²) in [7, 11) is 0. The minimum atomic E-state index is 0.0241. The SMILES string of the molecule is O=C(Cc1cccs1)N1CC[C@H](c2nc3c(c(=O)[nH]2)CN(C2CCCC2)CC3)C1. The Bertz CT molecular complexity index is 933. The monoisotopic (exact) mass is 412 g/mol. The highest BCUT2D eigenvalue weighted by Crippen LogP contribution is 2.29. The second-order valence-corrected chi connectivity index (χ2v) is 9.65. The molecule has 1 N–H and O–H groups in total. The van der Waals surface area contributed by atoms with Gasteiger partial charge in [-0.3, -0.25) is 14.5 Å². The zero-order chi connectivity index (χ0) is 19.8. The van der Waals surface area contributed by atoms with Gasteiger partial charge in [-0.15, -0.1) is 11.3 Å². The molecular formula is C22H28N4O2S. The lowest BCUT2D eigenvalue weighted by molar-refractivity contribution is -0.129. The number of rotatable bonds is 4. The van der Waals surface area contributed by atoms with Crippen molar-refractivity contribution in [3.8, 4) is 0 Å². The highest BCUT2D eigenvalue weighted by atomic mass is 32.1. The lowest BCUT2D eigenvalue weighted by atomic mass is 10.0. The van der Waals surface area contributed by atoms with E-state index in [1.54, 1.807) is 11.3 Å². The predicted molar refractivity (Wildman–Crippen MR) is 113 cm³/mol. The molecule has 3 aliphatic rings. The number of nitrogens with zero attached hydrogens (tertiary/aromatic N) is 3. The van der Waals surface area contributed by atoms with E-state index in [1.807, 2.05) is 22.4 Å². The van der Waals surface area contributed by atoms with E-state index < -0.39 is 0 Å². The highest BCUT2D eigenvalue weighted by molar-refractivity contribution is 7.10. The Balaban J connectivity index is 1.27.